The minimum Gasteiger partial charge on any atom is -0.399 e. The number of fused-ring (bicyclic) bond motifs is 4. The van der Waals surface area contributed by atoms with E-state index in [1.807, 2.05) is 18.2 Å². The highest BCUT2D eigenvalue weighted by molar-refractivity contribution is 5.80. The molecule has 3 aliphatic rings. The Morgan fingerprint density at radius 2 is 2.16 bits per heavy atom. The second-order valence-corrected chi connectivity index (χ2v) is 5.75. The number of nitrogens with one attached hydrogen (secondary N) is 2. The van der Waals surface area contributed by atoms with Gasteiger partial charge in [-0.1, -0.05) is 0 Å². The molecule has 2 aromatic rings. The summed E-state index contributed by atoms with van der Waals surface area (Å²) in [5.74, 6) is 1.67. The first-order valence-corrected chi connectivity index (χ1v) is 7.02. The topological polar surface area (TPSA) is 70.0 Å². The first-order chi connectivity index (χ1) is 9.28. The van der Waals surface area contributed by atoms with Gasteiger partial charge in [0.05, 0.1) is 11.0 Å². The van der Waals surface area contributed by atoms with Gasteiger partial charge in [-0.25, -0.2) is 4.98 Å². The standard InChI is InChI=1S/C14H19N5/c15-10-1-2-11-12(7-10)17-14(16-11)18-13-8-19-5-3-9(13)4-6-19/h1-2,7,9,13H,3-6,8,15H2,(H2,16,17,18). The number of benzene rings is 1. The van der Waals surface area contributed by atoms with Crippen LogP contribution in [0.25, 0.3) is 11.0 Å². The Bertz CT molecular complexity index is 597. The van der Waals surface area contributed by atoms with E-state index >= 15 is 0 Å². The van der Waals surface area contributed by atoms with E-state index in [9.17, 15) is 0 Å². The fourth-order valence-electron chi connectivity index (χ4n) is 3.40. The van der Waals surface area contributed by atoms with E-state index in [1.54, 1.807) is 0 Å². The van der Waals surface area contributed by atoms with Crippen molar-refractivity contribution >= 4 is 22.7 Å². The molecule has 5 rings (SSSR count). The molecule has 19 heavy (non-hydrogen) atoms. The Hall–Kier alpha value is -1.75. The summed E-state index contributed by atoms with van der Waals surface area (Å²) >= 11 is 0. The van der Waals surface area contributed by atoms with Crippen LogP contribution in [0.15, 0.2) is 18.2 Å². The van der Waals surface area contributed by atoms with Gasteiger partial charge < -0.3 is 20.9 Å². The van der Waals surface area contributed by atoms with E-state index in [4.69, 9.17) is 5.73 Å². The van der Waals surface area contributed by atoms with Crippen LogP contribution in [0.4, 0.5) is 11.6 Å². The number of hydrogen-bond acceptors (Lipinski definition) is 4. The van der Waals surface area contributed by atoms with Crippen molar-refractivity contribution in [3.63, 3.8) is 0 Å². The fourth-order valence-corrected chi connectivity index (χ4v) is 3.40. The van der Waals surface area contributed by atoms with Crippen LogP contribution in [-0.2, 0) is 0 Å². The number of nitrogens with two attached hydrogens (primary N) is 1. The van der Waals surface area contributed by atoms with Crippen LogP contribution in [-0.4, -0.2) is 40.5 Å². The zero-order valence-electron chi connectivity index (χ0n) is 10.9. The number of imidazole rings is 1. The summed E-state index contributed by atoms with van der Waals surface area (Å²) < 4.78 is 0. The number of hydrogen-bond donors (Lipinski definition) is 3. The van der Waals surface area contributed by atoms with Crippen LogP contribution >= 0.6 is 0 Å². The summed E-state index contributed by atoms with van der Waals surface area (Å²) in [5, 5.41) is 3.57. The van der Waals surface area contributed by atoms with Gasteiger partial charge in [0.2, 0.25) is 5.95 Å². The van der Waals surface area contributed by atoms with Gasteiger partial charge in [0.1, 0.15) is 0 Å². The maximum absolute atomic E-state index is 5.79. The van der Waals surface area contributed by atoms with Gasteiger partial charge in [0, 0.05) is 18.3 Å². The van der Waals surface area contributed by atoms with Crippen LogP contribution in [0, 0.1) is 5.92 Å². The molecular weight excluding hydrogens is 238 g/mol. The molecule has 4 heterocycles. The largest absolute Gasteiger partial charge is 0.399 e. The van der Waals surface area contributed by atoms with E-state index in [1.165, 1.54) is 25.9 Å². The lowest BCUT2D eigenvalue weighted by molar-refractivity contribution is 0.0972. The Labute approximate surface area is 112 Å². The highest BCUT2D eigenvalue weighted by atomic mass is 15.2. The van der Waals surface area contributed by atoms with Crippen molar-refractivity contribution in [3.05, 3.63) is 18.2 Å². The van der Waals surface area contributed by atoms with Crippen molar-refractivity contribution in [2.24, 2.45) is 5.92 Å². The maximum Gasteiger partial charge on any atom is 0.201 e. The second kappa shape index (κ2) is 4.13. The van der Waals surface area contributed by atoms with E-state index in [-0.39, 0.29) is 0 Å². The number of piperidine rings is 3. The summed E-state index contributed by atoms with van der Waals surface area (Å²) in [6.45, 7) is 3.67. The van der Waals surface area contributed by atoms with Crippen LogP contribution < -0.4 is 11.1 Å². The molecular formula is C14H19N5. The highest BCUT2D eigenvalue weighted by Crippen LogP contribution is 2.29. The zero-order chi connectivity index (χ0) is 12.8. The van der Waals surface area contributed by atoms with Crippen LogP contribution in [0.5, 0.6) is 0 Å². The molecule has 1 unspecified atom stereocenters. The molecule has 3 fully saturated rings. The monoisotopic (exact) mass is 257 g/mol. The van der Waals surface area contributed by atoms with Gasteiger partial charge in [-0.3, -0.25) is 0 Å². The Balaban J connectivity index is 1.58. The van der Waals surface area contributed by atoms with E-state index in [2.05, 4.69) is 20.2 Å². The molecule has 5 heteroatoms. The quantitative estimate of drug-likeness (QED) is 0.715. The Kier molecular flexibility index (Phi) is 2.41. The number of aromatic nitrogens is 2. The molecule has 4 N–H and O–H groups in total. The van der Waals surface area contributed by atoms with Crippen molar-refractivity contribution in [1.82, 2.24) is 14.9 Å². The van der Waals surface area contributed by atoms with Crippen LogP contribution in [0.2, 0.25) is 0 Å². The molecule has 0 amide bonds. The average molecular weight is 257 g/mol. The van der Waals surface area contributed by atoms with Gasteiger partial charge in [-0.05, 0) is 50.0 Å². The van der Waals surface area contributed by atoms with Crippen molar-refractivity contribution in [3.8, 4) is 0 Å². The lowest BCUT2D eigenvalue weighted by Crippen LogP contribution is -2.53. The Morgan fingerprint density at radius 3 is 2.89 bits per heavy atom. The van der Waals surface area contributed by atoms with E-state index < -0.39 is 0 Å². The predicted octanol–water partition coefficient (Wildman–Crippen LogP) is 1.65. The number of nitrogens with zero attached hydrogens (tertiary/aromatic N) is 2. The predicted molar refractivity (Wildman–Crippen MR) is 77.1 cm³/mol. The number of H-pyrrole nitrogens is 1. The fraction of sp³-hybridized carbons (Fsp3) is 0.500. The van der Waals surface area contributed by atoms with E-state index in [0.717, 1.165) is 35.1 Å². The average Bonchev–Trinajstić information content (AvgIpc) is 2.81. The van der Waals surface area contributed by atoms with Crippen molar-refractivity contribution in [2.75, 3.05) is 30.7 Å². The van der Waals surface area contributed by atoms with Crippen LogP contribution in [0.3, 0.4) is 0 Å². The number of anilines is 2. The van der Waals surface area contributed by atoms with Crippen molar-refractivity contribution < 1.29 is 0 Å². The van der Waals surface area contributed by atoms with Gasteiger partial charge >= 0.3 is 0 Å². The summed E-state index contributed by atoms with van der Waals surface area (Å²) in [5.41, 5.74) is 8.53. The lowest BCUT2D eigenvalue weighted by Gasteiger charge is -2.44. The molecule has 3 aliphatic heterocycles. The van der Waals surface area contributed by atoms with Crippen LogP contribution in [0.1, 0.15) is 12.8 Å². The van der Waals surface area contributed by atoms with Crippen molar-refractivity contribution in [2.45, 2.75) is 18.9 Å². The molecule has 2 bridgehead atoms. The third kappa shape index (κ3) is 1.94. The normalized spacial score (nSPS) is 29.8. The molecule has 0 saturated carbocycles. The molecule has 1 aromatic heterocycles. The molecule has 100 valence electrons. The second-order valence-electron chi connectivity index (χ2n) is 5.75. The van der Waals surface area contributed by atoms with Gasteiger partial charge in [0.15, 0.2) is 0 Å². The summed E-state index contributed by atoms with van der Waals surface area (Å²) in [6.07, 6.45) is 2.62. The van der Waals surface area contributed by atoms with Gasteiger partial charge in [-0.2, -0.15) is 0 Å². The number of rotatable bonds is 2. The molecule has 5 nitrogen and oxygen atoms in total. The molecule has 0 radical (unpaired) electrons. The van der Waals surface area contributed by atoms with Crippen molar-refractivity contribution in [1.29, 1.82) is 0 Å². The minimum atomic E-state index is 0.528. The minimum absolute atomic E-state index is 0.528. The summed E-state index contributed by atoms with van der Waals surface area (Å²) in [6, 6.07) is 6.31. The molecule has 0 spiro atoms. The summed E-state index contributed by atoms with van der Waals surface area (Å²) in [4.78, 5) is 10.5. The number of aromatic amines is 1. The first-order valence-electron chi connectivity index (χ1n) is 7.02. The van der Waals surface area contributed by atoms with E-state index in [0.29, 0.717) is 6.04 Å². The summed E-state index contributed by atoms with van der Waals surface area (Å²) in [7, 11) is 0. The third-order valence-electron chi connectivity index (χ3n) is 4.48. The van der Waals surface area contributed by atoms with Gasteiger partial charge in [-0.15, -0.1) is 0 Å². The highest BCUT2D eigenvalue weighted by Gasteiger charge is 2.34. The number of nitrogen functional groups attached to an aromatic ring is 1. The molecule has 0 aliphatic carbocycles. The third-order valence-corrected chi connectivity index (χ3v) is 4.48. The van der Waals surface area contributed by atoms with Gasteiger partial charge in [0.25, 0.3) is 0 Å². The molecule has 3 saturated heterocycles. The smallest absolute Gasteiger partial charge is 0.201 e. The molecule has 1 atom stereocenters. The lowest BCUT2D eigenvalue weighted by atomic mass is 9.84. The maximum atomic E-state index is 5.79. The first kappa shape index (κ1) is 11.1. The molecule has 1 aromatic carbocycles. The Morgan fingerprint density at radius 1 is 1.32 bits per heavy atom. The zero-order valence-corrected chi connectivity index (χ0v) is 10.9. The SMILES string of the molecule is Nc1ccc2nc(NC3CN4CCC3CC4)[nH]c2c1.